The van der Waals surface area contributed by atoms with Gasteiger partial charge in [-0.25, -0.2) is 4.79 Å². The van der Waals surface area contributed by atoms with Gasteiger partial charge in [-0.3, -0.25) is 9.59 Å². The molecule has 0 aliphatic heterocycles. The van der Waals surface area contributed by atoms with Crippen LogP contribution in [0.3, 0.4) is 0 Å². The standard InChI is InChI=1S/C27H31NO6S/c1-4-11-35-19-14-27-10-7-16(15(2)13-27)12-20(27)26(3,24(19)32)9-8-21(30)28-22-18(29)6-5-17(23(22)31)25(33)34/h4-6,14,16,20,29,31H,1-2,7-13H2,3H3,(H,28,30)(H,33,34)/t16-,20-,26-,27+/m0/s1. The molecule has 0 heterocycles. The Bertz CT molecular complexity index is 1160. The van der Waals surface area contributed by atoms with Crippen LogP contribution in [0.1, 0.15) is 55.8 Å². The second-order valence-electron chi connectivity index (χ2n) is 10.2. The number of Topliss-reactive ketones (excluding diaryl/α,β-unsaturated/α-hetero) is 1. The molecule has 4 N–H and O–H groups in total. The predicted molar refractivity (Wildman–Crippen MR) is 135 cm³/mol. The highest BCUT2D eigenvalue weighted by Crippen LogP contribution is 2.65. The number of carbonyl (C=O) groups excluding carboxylic acids is 2. The second-order valence-corrected chi connectivity index (χ2v) is 11.2. The second kappa shape index (κ2) is 9.22. The average Bonchev–Trinajstić information content (AvgIpc) is 2.81. The quantitative estimate of drug-likeness (QED) is 0.285. The van der Waals surface area contributed by atoms with Gasteiger partial charge in [0.2, 0.25) is 5.91 Å². The number of carboxylic acid groups (broad SMARTS) is 1. The normalized spacial score (nSPS) is 29.3. The van der Waals surface area contributed by atoms with Crippen molar-refractivity contribution in [2.45, 2.75) is 45.4 Å². The van der Waals surface area contributed by atoms with E-state index < -0.39 is 34.4 Å². The van der Waals surface area contributed by atoms with Crippen LogP contribution >= 0.6 is 11.8 Å². The first-order valence-corrected chi connectivity index (χ1v) is 12.8. The lowest BCUT2D eigenvalue weighted by Crippen LogP contribution is -2.55. The van der Waals surface area contributed by atoms with Crippen molar-refractivity contribution in [2.75, 3.05) is 11.1 Å². The maximum Gasteiger partial charge on any atom is 0.339 e. The molecular formula is C27H31NO6S. The summed E-state index contributed by atoms with van der Waals surface area (Å²) >= 11 is 1.48. The SMILES string of the molecule is C=CCSC1=C[C@]23CC[C@@H](C[C@H]2[C@](C)(CCC(=O)Nc2c(O)ccc(C(=O)O)c2O)C1=O)C(=C)C3. The fourth-order valence-electron chi connectivity index (χ4n) is 6.28. The number of benzene rings is 1. The van der Waals surface area contributed by atoms with Gasteiger partial charge in [-0.2, -0.15) is 0 Å². The van der Waals surface area contributed by atoms with Crippen LogP contribution in [-0.2, 0) is 9.59 Å². The first-order chi connectivity index (χ1) is 16.5. The number of hydrogen-bond donors (Lipinski definition) is 4. The summed E-state index contributed by atoms with van der Waals surface area (Å²) in [7, 11) is 0. The molecule has 1 spiro atoms. The van der Waals surface area contributed by atoms with Crippen LogP contribution in [0.2, 0.25) is 0 Å². The number of fused-ring (bicyclic) bond motifs is 2. The Morgan fingerprint density at radius 3 is 2.71 bits per heavy atom. The van der Waals surface area contributed by atoms with Gasteiger partial charge in [0.15, 0.2) is 11.5 Å². The molecule has 7 nitrogen and oxygen atoms in total. The number of phenolic OH excluding ortho intramolecular Hbond substituents is 1. The molecule has 3 fully saturated rings. The van der Waals surface area contributed by atoms with E-state index >= 15 is 0 Å². The summed E-state index contributed by atoms with van der Waals surface area (Å²) < 4.78 is 0. The molecule has 4 aliphatic rings. The van der Waals surface area contributed by atoms with Crippen LogP contribution in [0.5, 0.6) is 11.5 Å². The number of amides is 1. The molecule has 1 amide bonds. The highest BCUT2D eigenvalue weighted by molar-refractivity contribution is 8.04. The van der Waals surface area contributed by atoms with Crippen molar-refractivity contribution in [3.8, 4) is 11.5 Å². The Hall–Kier alpha value is -3.00. The van der Waals surface area contributed by atoms with Crippen LogP contribution in [0.25, 0.3) is 0 Å². The molecule has 4 aliphatic carbocycles. The van der Waals surface area contributed by atoms with Gasteiger partial charge in [-0.15, -0.1) is 18.3 Å². The molecule has 0 aromatic heterocycles. The van der Waals surface area contributed by atoms with E-state index in [0.29, 0.717) is 18.1 Å². The molecule has 8 heteroatoms. The van der Waals surface area contributed by atoms with Crippen molar-refractivity contribution < 1.29 is 29.7 Å². The van der Waals surface area contributed by atoms with E-state index in [1.807, 2.05) is 6.92 Å². The van der Waals surface area contributed by atoms with Gasteiger partial charge in [-0.1, -0.05) is 31.2 Å². The molecule has 1 aromatic rings. The molecule has 5 rings (SSSR count). The third-order valence-corrected chi connectivity index (χ3v) is 9.13. The van der Waals surface area contributed by atoms with Crippen LogP contribution in [-0.4, -0.2) is 38.7 Å². The average molecular weight is 498 g/mol. The molecule has 4 atom stereocenters. The van der Waals surface area contributed by atoms with Crippen molar-refractivity contribution in [2.24, 2.45) is 22.7 Å². The summed E-state index contributed by atoms with van der Waals surface area (Å²) in [5.41, 5.74) is -0.415. The van der Waals surface area contributed by atoms with E-state index in [2.05, 4.69) is 24.6 Å². The number of nitrogens with one attached hydrogen (secondary N) is 1. The topological polar surface area (TPSA) is 124 Å². The third kappa shape index (κ3) is 4.29. The molecule has 186 valence electrons. The van der Waals surface area contributed by atoms with Gasteiger partial charge < -0.3 is 20.6 Å². The maximum absolute atomic E-state index is 13.7. The van der Waals surface area contributed by atoms with Gasteiger partial charge >= 0.3 is 5.97 Å². The zero-order chi connectivity index (χ0) is 25.5. The molecule has 0 saturated heterocycles. The van der Waals surface area contributed by atoms with Crippen LogP contribution < -0.4 is 5.32 Å². The summed E-state index contributed by atoms with van der Waals surface area (Å²) in [4.78, 5) is 38.6. The monoisotopic (exact) mass is 497 g/mol. The summed E-state index contributed by atoms with van der Waals surface area (Å²) in [5.74, 6) is -1.87. The maximum atomic E-state index is 13.7. The Morgan fingerprint density at radius 1 is 1.31 bits per heavy atom. The fourth-order valence-corrected chi connectivity index (χ4v) is 7.26. The number of allylic oxidation sites excluding steroid dienone is 3. The van der Waals surface area contributed by atoms with E-state index in [1.54, 1.807) is 6.08 Å². The Labute approximate surface area is 209 Å². The third-order valence-electron chi connectivity index (χ3n) is 8.11. The molecule has 0 unspecified atom stereocenters. The van der Waals surface area contributed by atoms with Gasteiger partial charge in [0.25, 0.3) is 0 Å². The molecule has 3 saturated carbocycles. The van der Waals surface area contributed by atoms with Crippen molar-refractivity contribution in [3.05, 3.63) is 53.5 Å². The first-order valence-electron chi connectivity index (χ1n) is 11.8. The highest BCUT2D eigenvalue weighted by atomic mass is 32.2. The number of phenols is 2. The fraction of sp³-hybridized carbons (Fsp3) is 0.444. The van der Waals surface area contributed by atoms with E-state index in [9.17, 15) is 29.7 Å². The summed E-state index contributed by atoms with van der Waals surface area (Å²) in [6.07, 6.45) is 8.02. The smallest absolute Gasteiger partial charge is 0.339 e. The van der Waals surface area contributed by atoms with E-state index in [-0.39, 0.29) is 29.2 Å². The predicted octanol–water partition coefficient (Wildman–Crippen LogP) is 5.27. The van der Waals surface area contributed by atoms with Crippen molar-refractivity contribution in [3.63, 3.8) is 0 Å². The lowest BCUT2D eigenvalue weighted by molar-refractivity contribution is -0.136. The van der Waals surface area contributed by atoms with Crippen LogP contribution in [0, 0.1) is 22.7 Å². The van der Waals surface area contributed by atoms with Crippen molar-refractivity contribution >= 4 is 35.1 Å². The summed E-state index contributed by atoms with van der Waals surface area (Å²) in [6.45, 7) is 10.0. The van der Waals surface area contributed by atoms with Gasteiger partial charge in [0.05, 0.1) is 0 Å². The summed E-state index contributed by atoms with van der Waals surface area (Å²) in [6, 6.07) is 2.17. The van der Waals surface area contributed by atoms with Crippen molar-refractivity contribution in [1.29, 1.82) is 0 Å². The Kier molecular flexibility index (Phi) is 6.62. The van der Waals surface area contributed by atoms with Crippen molar-refractivity contribution in [1.82, 2.24) is 0 Å². The van der Waals surface area contributed by atoms with Gasteiger partial charge in [-0.05, 0) is 61.5 Å². The molecule has 0 radical (unpaired) electrons. The Morgan fingerprint density at radius 2 is 2.06 bits per heavy atom. The number of carboxylic acids is 1. The number of carbonyl (C=O) groups is 3. The van der Waals surface area contributed by atoms with Crippen LogP contribution in [0.4, 0.5) is 5.69 Å². The largest absolute Gasteiger partial charge is 0.506 e. The lowest BCUT2D eigenvalue weighted by atomic mass is 9.44. The first kappa shape index (κ1) is 25.1. The zero-order valence-corrected chi connectivity index (χ0v) is 20.6. The summed E-state index contributed by atoms with van der Waals surface area (Å²) in [5, 5.41) is 32.0. The zero-order valence-electron chi connectivity index (χ0n) is 19.8. The minimum absolute atomic E-state index is 0.0178. The van der Waals surface area contributed by atoms with E-state index in [0.717, 1.165) is 42.7 Å². The Balaban J connectivity index is 1.58. The minimum Gasteiger partial charge on any atom is -0.506 e. The number of rotatable bonds is 8. The lowest BCUT2D eigenvalue weighted by Gasteiger charge is -2.59. The van der Waals surface area contributed by atoms with Crippen LogP contribution in [0.15, 0.2) is 47.9 Å². The molecule has 1 aromatic carbocycles. The van der Waals surface area contributed by atoms with Gasteiger partial charge in [0, 0.05) is 22.5 Å². The number of anilines is 1. The highest BCUT2D eigenvalue weighted by Gasteiger charge is 2.59. The molecule has 2 bridgehead atoms. The number of ketones is 1. The van der Waals surface area contributed by atoms with Gasteiger partial charge in [0.1, 0.15) is 17.0 Å². The van der Waals surface area contributed by atoms with E-state index in [4.69, 9.17) is 0 Å². The number of aromatic hydroxyl groups is 2. The number of hydrogen-bond acceptors (Lipinski definition) is 6. The molecule has 35 heavy (non-hydrogen) atoms. The number of thioether (sulfide) groups is 1. The number of aromatic carboxylic acids is 1. The van der Waals surface area contributed by atoms with E-state index in [1.165, 1.54) is 17.3 Å². The minimum atomic E-state index is -1.38. The molecular weight excluding hydrogens is 466 g/mol.